The molecule has 1 amide bonds. The van der Waals surface area contributed by atoms with Crippen molar-refractivity contribution >= 4 is 50.7 Å². The molecule has 2 aromatic rings. The lowest BCUT2D eigenvalue weighted by atomic mass is 10.2. The van der Waals surface area contributed by atoms with Crippen LogP contribution in [0.15, 0.2) is 34.9 Å². The Balaban J connectivity index is 2.25. The van der Waals surface area contributed by atoms with E-state index in [1.165, 1.54) is 30.5 Å². The number of hydrogen-bond donors (Lipinski definition) is 1. The van der Waals surface area contributed by atoms with Gasteiger partial charge in [0.2, 0.25) is 0 Å². The van der Waals surface area contributed by atoms with Crippen molar-refractivity contribution in [2.24, 2.45) is 0 Å². The molecule has 2 rings (SSSR count). The summed E-state index contributed by atoms with van der Waals surface area (Å²) >= 11 is 14.6. The van der Waals surface area contributed by atoms with Crippen molar-refractivity contribution in [2.75, 3.05) is 5.32 Å². The van der Waals surface area contributed by atoms with Crippen LogP contribution in [0.3, 0.4) is 0 Å². The number of carbonyl (C=O) groups is 1. The van der Waals surface area contributed by atoms with Crippen molar-refractivity contribution in [3.8, 4) is 0 Å². The van der Waals surface area contributed by atoms with Crippen LogP contribution in [0.5, 0.6) is 0 Å². The summed E-state index contributed by atoms with van der Waals surface area (Å²) in [5, 5.41) is 2.84. The summed E-state index contributed by atoms with van der Waals surface area (Å²) in [7, 11) is 0. The molecule has 0 radical (unpaired) electrons. The van der Waals surface area contributed by atoms with Gasteiger partial charge in [-0.15, -0.1) is 0 Å². The van der Waals surface area contributed by atoms with Gasteiger partial charge in [0.15, 0.2) is 0 Å². The molecule has 0 spiro atoms. The summed E-state index contributed by atoms with van der Waals surface area (Å²) in [6, 6.07) is 5.37. The van der Waals surface area contributed by atoms with Gasteiger partial charge in [-0.3, -0.25) is 4.79 Å². The van der Waals surface area contributed by atoms with E-state index in [0.29, 0.717) is 10.2 Å². The molecule has 1 aromatic carbocycles. The second-order valence-corrected chi connectivity index (χ2v) is 5.19. The maximum Gasteiger partial charge on any atom is 0.257 e. The van der Waals surface area contributed by atoms with E-state index in [4.69, 9.17) is 23.2 Å². The lowest BCUT2D eigenvalue weighted by Crippen LogP contribution is -2.12. The van der Waals surface area contributed by atoms with Crippen molar-refractivity contribution in [1.29, 1.82) is 0 Å². The fraction of sp³-hybridized carbons (Fsp3) is 0. The molecule has 1 aromatic heterocycles. The van der Waals surface area contributed by atoms with Gasteiger partial charge >= 0.3 is 0 Å². The molecule has 1 heterocycles. The quantitative estimate of drug-likeness (QED) is 0.795. The number of hydrogen-bond acceptors (Lipinski definition) is 2. The Morgan fingerprint density at radius 3 is 2.74 bits per heavy atom. The third kappa shape index (κ3) is 3.43. The Bertz CT molecular complexity index is 652. The molecule has 19 heavy (non-hydrogen) atoms. The van der Waals surface area contributed by atoms with Crippen LogP contribution in [0.2, 0.25) is 10.2 Å². The topological polar surface area (TPSA) is 42.0 Å². The van der Waals surface area contributed by atoms with E-state index < -0.39 is 11.7 Å². The second-order valence-electron chi connectivity index (χ2n) is 3.57. The minimum atomic E-state index is -0.461. The molecular weight excluding hydrogens is 358 g/mol. The van der Waals surface area contributed by atoms with E-state index in [9.17, 15) is 9.18 Å². The molecular formula is C12H6BrCl2FN2O. The molecule has 0 saturated heterocycles. The highest BCUT2D eigenvalue weighted by Gasteiger charge is 2.11. The highest BCUT2D eigenvalue weighted by Crippen LogP contribution is 2.24. The van der Waals surface area contributed by atoms with E-state index in [-0.39, 0.29) is 15.7 Å². The van der Waals surface area contributed by atoms with Crippen LogP contribution in [-0.4, -0.2) is 10.9 Å². The summed E-state index contributed by atoms with van der Waals surface area (Å²) in [6.07, 6.45) is 1.29. The number of anilines is 1. The minimum absolute atomic E-state index is 0.116. The molecule has 0 aliphatic rings. The van der Waals surface area contributed by atoms with E-state index in [0.717, 1.165) is 0 Å². The third-order valence-electron chi connectivity index (χ3n) is 2.24. The zero-order valence-corrected chi connectivity index (χ0v) is 12.4. The van der Waals surface area contributed by atoms with Crippen LogP contribution in [0.4, 0.5) is 10.1 Å². The van der Waals surface area contributed by atoms with Crippen LogP contribution < -0.4 is 5.32 Å². The predicted octanol–water partition coefficient (Wildman–Crippen LogP) is 4.54. The Labute approximate surface area is 126 Å². The average molecular weight is 364 g/mol. The number of carbonyl (C=O) groups excluding carboxylic acids is 1. The lowest BCUT2D eigenvalue weighted by molar-refractivity contribution is 0.102. The van der Waals surface area contributed by atoms with Gasteiger partial charge in [0.25, 0.3) is 5.91 Å². The number of benzene rings is 1. The number of nitrogens with one attached hydrogen (secondary N) is 1. The zero-order valence-electron chi connectivity index (χ0n) is 9.25. The number of rotatable bonds is 2. The summed E-state index contributed by atoms with van der Waals surface area (Å²) in [5.41, 5.74) is 0.543. The minimum Gasteiger partial charge on any atom is -0.321 e. The van der Waals surface area contributed by atoms with E-state index in [1.807, 2.05) is 0 Å². The van der Waals surface area contributed by atoms with Crippen molar-refractivity contribution in [2.45, 2.75) is 0 Å². The molecule has 0 fully saturated rings. The lowest BCUT2D eigenvalue weighted by Gasteiger charge is -2.07. The van der Waals surface area contributed by atoms with E-state index in [1.54, 1.807) is 0 Å². The highest BCUT2D eigenvalue weighted by atomic mass is 79.9. The van der Waals surface area contributed by atoms with Gasteiger partial charge in [0, 0.05) is 10.7 Å². The Kier molecular flexibility index (Phi) is 4.39. The third-order valence-corrected chi connectivity index (χ3v) is 3.61. The average Bonchev–Trinajstić information content (AvgIpc) is 2.37. The Hall–Kier alpha value is -1.17. The van der Waals surface area contributed by atoms with Crippen molar-refractivity contribution < 1.29 is 9.18 Å². The van der Waals surface area contributed by atoms with Gasteiger partial charge in [-0.1, -0.05) is 23.2 Å². The maximum absolute atomic E-state index is 13.1. The molecule has 98 valence electrons. The first-order chi connectivity index (χ1) is 8.97. The molecule has 7 heteroatoms. The Morgan fingerprint density at radius 2 is 2.05 bits per heavy atom. The molecule has 1 N–H and O–H groups in total. The summed E-state index contributed by atoms with van der Waals surface area (Å²) in [6.45, 7) is 0. The SMILES string of the molecule is O=C(Nc1cc(F)ccc1Br)c1cnc(Cl)c(Cl)c1. The van der Waals surface area contributed by atoms with Crippen molar-refractivity contribution in [3.63, 3.8) is 0 Å². The standard InChI is InChI=1S/C12H6BrCl2FN2O/c13-8-2-1-7(16)4-10(8)18-12(19)6-3-9(14)11(15)17-5-6/h1-5H,(H,18,19). The van der Waals surface area contributed by atoms with Crippen LogP contribution in [0, 0.1) is 5.82 Å². The summed E-state index contributed by atoms with van der Waals surface area (Å²) < 4.78 is 13.7. The number of halogens is 4. The van der Waals surface area contributed by atoms with Gasteiger partial charge < -0.3 is 5.32 Å². The normalized spacial score (nSPS) is 10.3. The van der Waals surface area contributed by atoms with E-state index in [2.05, 4.69) is 26.2 Å². The summed E-state index contributed by atoms with van der Waals surface area (Å²) in [4.78, 5) is 15.7. The molecule has 0 aliphatic carbocycles. The van der Waals surface area contributed by atoms with Gasteiger partial charge in [-0.2, -0.15) is 0 Å². The Morgan fingerprint density at radius 1 is 1.32 bits per heavy atom. The molecule has 0 unspecified atom stereocenters. The number of nitrogens with zero attached hydrogens (tertiary/aromatic N) is 1. The van der Waals surface area contributed by atoms with E-state index >= 15 is 0 Å². The molecule has 0 bridgehead atoms. The fourth-order valence-electron chi connectivity index (χ4n) is 1.33. The predicted molar refractivity (Wildman–Crippen MR) is 76.3 cm³/mol. The maximum atomic E-state index is 13.1. The van der Waals surface area contributed by atoms with Gasteiger partial charge in [0.05, 0.1) is 16.3 Å². The zero-order chi connectivity index (χ0) is 14.0. The second kappa shape index (κ2) is 5.86. The number of amides is 1. The van der Waals surface area contributed by atoms with Crippen LogP contribution >= 0.6 is 39.1 Å². The van der Waals surface area contributed by atoms with Crippen LogP contribution in [0.25, 0.3) is 0 Å². The number of aromatic nitrogens is 1. The monoisotopic (exact) mass is 362 g/mol. The molecule has 3 nitrogen and oxygen atoms in total. The fourth-order valence-corrected chi connectivity index (χ4v) is 1.95. The molecule has 0 atom stereocenters. The van der Waals surface area contributed by atoms with Gasteiger partial charge in [-0.05, 0) is 40.2 Å². The largest absolute Gasteiger partial charge is 0.321 e. The first-order valence-corrected chi connectivity index (χ1v) is 6.59. The van der Waals surface area contributed by atoms with Gasteiger partial charge in [-0.25, -0.2) is 9.37 Å². The smallest absolute Gasteiger partial charge is 0.257 e. The molecule has 0 saturated carbocycles. The van der Waals surface area contributed by atoms with Crippen molar-refractivity contribution in [3.05, 3.63) is 56.5 Å². The summed E-state index contributed by atoms with van der Waals surface area (Å²) in [5.74, 6) is -0.914. The first-order valence-electron chi connectivity index (χ1n) is 5.05. The highest BCUT2D eigenvalue weighted by molar-refractivity contribution is 9.10. The first kappa shape index (κ1) is 14.2. The molecule has 0 aliphatic heterocycles. The van der Waals surface area contributed by atoms with Gasteiger partial charge in [0.1, 0.15) is 11.0 Å². The number of pyridine rings is 1. The van der Waals surface area contributed by atoms with Crippen molar-refractivity contribution in [1.82, 2.24) is 4.98 Å². The van der Waals surface area contributed by atoms with Crippen LogP contribution in [0.1, 0.15) is 10.4 Å². The van der Waals surface area contributed by atoms with Crippen LogP contribution in [-0.2, 0) is 0 Å².